The number of rotatable bonds is 12. The summed E-state index contributed by atoms with van der Waals surface area (Å²) in [5.41, 5.74) is 8.18. The Hall–Kier alpha value is -3.24. The molecule has 2 N–H and O–H groups in total. The van der Waals surface area contributed by atoms with E-state index in [-0.39, 0.29) is 41.7 Å². The van der Waals surface area contributed by atoms with E-state index in [4.69, 9.17) is 20.4 Å². The molecular weight excluding hydrogens is 655 g/mol. The largest absolute Gasteiger partial charge is 0.444 e. The minimum absolute atomic E-state index is 0.0412. The molecule has 1 aliphatic carbocycles. The van der Waals surface area contributed by atoms with Crippen molar-refractivity contribution in [2.75, 3.05) is 26.7 Å². The van der Waals surface area contributed by atoms with Gasteiger partial charge in [-0.1, -0.05) is 45.0 Å². The van der Waals surface area contributed by atoms with Crippen LogP contribution in [0.1, 0.15) is 106 Å². The summed E-state index contributed by atoms with van der Waals surface area (Å²) >= 11 is 3.40. The molecule has 2 saturated heterocycles. The van der Waals surface area contributed by atoms with Crippen LogP contribution in [-0.2, 0) is 27.3 Å². The molecule has 3 unspecified atom stereocenters. The molecule has 49 heavy (non-hydrogen) atoms. The number of piperidine rings is 2. The smallest absolute Gasteiger partial charge is 0.237 e. The molecule has 3 aromatic rings. The Morgan fingerprint density at radius 3 is 2.47 bits per heavy atom. The highest BCUT2D eigenvalue weighted by Crippen LogP contribution is 2.45. The van der Waals surface area contributed by atoms with Crippen LogP contribution in [-0.4, -0.2) is 69.2 Å². The van der Waals surface area contributed by atoms with Gasteiger partial charge in [0, 0.05) is 31.0 Å². The highest BCUT2D eigenvalue weighted by atomic mass is 32.2. The van der Waals surface area contributed by atoms with Crippen LogP contribution >= 0.6 is 23.1 Å². The maximum Gasteiger partial charge on any atom is 0.237 e. The van der Waals surface area contributed by atoms with Crippen molar-refractivity contribution in [2.24, 2.45) is 17.6 Å². The summed E-state index contributed by atoms with van der Waals surface area (Å²) in [5.74, 6) is 2.29. The number of primary amides is 1. The van der Waals surface area contributed by atoms with Crippen molar-refractivity contribution >= 4 is 34.9 Å². The number of benzene rings is 1. The van der Waals surface area contributed by atoms with E-state index >= 15 is 0 Å². The number of nitrogens with zero attached hydrogens (tertiary/aromatic N) is 6. The summed E-state index contributed by atoms with van der Waals surface area (Å²) in [6.45, 7) is 10.1. The van der Waals surface area contributed by atoms with Crippen molar-refractivity contribution in [2.45, 2.75) is 106 Å². The lowest BCUT2D eigenvalue weighted by molar-refractivity contribution is -0.131. The Morgan fingerprint density at radius 2 is 1.84 bits per heavy atom. The summed E-state index contributed by atoms with van der Waals surface area (Å²) in [5, 5.41) is 10.1. The number of nitrogens with two attached hydrogens (primary N) is 1. The van der Waals surface area contributed by atoms with Gasteiger partial charge in [-0.15, -0.1) is 23.1 Å². The number of aromatic nitrogens is 2. The van der Waals surface area contributed by atoms with Gasteiger partial charge in [0.2, 0.25) is 17.7 Å². The molecule has 2 aromatic heterocycles. The maximum absolute atomic E-state index is 12.5. The van der Waals surface area contributed by atoms with Gasteiger partial charge in [0.15, 0.2) is 0 Å². The molecule has 2 amide bonds. The Labute approximate surface area is 298 Å². The van der Waals surface area contributed by atoms with Crippen molar-refractivity contribution in [3.05, 3.63) is 64.4 Å². The zero-order valence-corrected chi connectivity index (χ0v) is 30.8. The van der Waals surface area contributed by atoms with Gasteiger partial charge in [-0.2, -0.15) is 5.26 Å². The van der Waals surface area contributed by atoms with Crippen LogP contribution in [0.25, 0.3) is 0 Å². The lowest BCUT2D eigenvalue weighted by atomic mass is 9.87. The van der Waals surface area contributed by atoms with E-state index in [9.17, 15) is 9.59 Å². The lowest BCUT2D eigenvalue weighted by Crippen LogP contribution is -2.50. The molecule has 6 rings (SSSR count). The molecule has 0 bridgehead atoms. The van der Waals surface area contributed by atoms with Crippen molar-refractivity contribution in [1.29, 1.82) is 5.26 Å². The van der Waals surface area contributed by atoms with E-state index in [0.29, 0.717) is 24.1 Å². The molecule has 3 fully saturated rings. The summed E-state index contributed by atoms with van der Waals surface area (Å²) in [6.07, 6.45) is 9.59. The first-order chi connectivity index (χ1) is 23.5. The summed E-state index contributed by atoms with van der Waals surface area (Å²) in [6, 6.07) is 11.3. The number of likely N-dealkylation sites (tertiary alicyclic amines) is 2. The predicted molar refractivity (Wildman–Crippen MR) is 191 cm³/mol. The number of amides is 2. The molecule has 4 heterocycles. The predicted octanol–water partition coefficient (Wildman–Crippen LogP) is 6.45. The van der Waals surface area contributed by atoms with Crippen LogP contribution in [0.3, 0.4) is 0 Å². The van der Waals surface area contributed by atoms with Crippen LogP contribution < -0.4 is 5.73 Å². The van der Waals surface area contributed by atoms with E-state index < -0.39 is 0 Å². The second-order valence-electron chi connectivity index (χ2n) is 14.9. The van der Waals surface area contributed by atoms with Gasteiger partial charge < -0.3 is 15.1 Å². The highest BCUT2D eigenvalue weighted by molar-refractivity contribution is 8.00. The number of thiazole rings is 1. The third kappa shape index (κ3) is 8.74. The average Bonchev–Trinajstić information content (AvgIpc) is 3.58. The number of thioether (sulfide) groups is 1. The average molecular weight is 704 g/mol. The van der Waals surface area contributed by atoms with Gasteiger partial charge in [-0.3, -0.25) is 19.4 Å². The Bertz CT molecular complexity index is 1630. The topological polar surface area (TPSA) is 133 Å². The normalized spacial score (nSPS) is 21.7. The zero-order valence-electron chi connectivity index (χ0n) is 29.1. The molecule has 2 aliphatic heterocycles. The third-order valence-corrected chi connectivity index (χ3v) is 12.6. The molecule has 262 valence electrons. The van der Waals surface area contributed by atoms with Gasteiger partial charge in [-0.25, -0.2) is 9.97 Å². The molecule has 3 aliphatic rings. The zero-order chi connectivity index (χ0) is 34.7. The third-order valence-electron chi connectivity index (χ3n) is 10.3. The Balaban J connectivity index is 1.05. The maximum atomic E-state index is 12.5. The summed E-state index contributed by atoms with van der Waals surface area (Å²) in [7, 11) is 1.83. The monoisotopic (exact) mass is 703 g/mol. The van der Waals surface area contributed by atoms with Crippen LogP contribution in [0.5, 0.6) is 0 Å². The number of oxazole rings is 1. The first-order valence-electron chi connectivity index (χ1n) is 17.5. The quantitative estimate of drug-likeness (QED) is 0.212. The molecule has 1 aromatic carbocycles. The van der Waals surface area contributed by atoms with E-state index in [2.05, 4.69) is 59.8 Å². The van der Waals surface area contributed by atoms with Gasteiger partial charge in [-0.05, 0) is 75.2 Å². The summed E-state index contributed by atoms with van der Waals surface area (Å²) < 4.78 is 7.11. The fourth-order valence-corrected chi connectivity index (χ4v) is 9.31. The van der Waals surface area contributed by atoms with E-state index in [1.165, 1.54) is 5.56 Å². The Morgan fingerprint density at radius 1 is 1.10 bits per heavy atom. The van der Waals surface area contributed by atoms with Gasteiger partial charge in [0.1, 0.15) is 17.2 Å². The number of carbonyl (C=O) groups is 2. The van der Waals surface area contributed by atoms with E-state index in [0.717, 1.165) is 84.7 Å². The minimum Gasteiger partial charge on any atom is -0.444 e. The van der Waals surface area contributed by atoms with Gasteiger partial charge in [0.05, 0.1) is 40.5 Å². The Kier molecular flexibility index (Phi) is 11.1. The van der Waals surface area contributed by atoms with Crippen molar-refractivity contribution in [3.8, 4) is 6.07 Å². The van der Waals surface area contributed by atoms with Gasteiger partial charge in [0.25, 0.3) is 0 Å². The van der Waals surface area contributed by atoms with E-state index in [1.807, 2.05) is 25.5 Å². The number of hydrogen-bond acceptors (Lipinski definition) is 10. The number of hydrogen-bond donors (Lipinski definition) is 1. The summed E-state index contributed by atoms with van der Waals surface area (Å²) in [4.78, 5) is 41.0. The molecule has 12 heteroatoms. The minimum atomic E-state index is -0.209. The molecule has 0 spiro atoms. The molecule has 0 radical (unpaired) electrons. The molecule has 1 saturated carbocycles. The second-order valence-corrected chi connectivity index (χ2v) is 17.3. The molecular formula is C37H49N7O3S2. The lowest BCUT2D eigenvalue weighted by Gasteiger charge is -2.45. The van der Waals surface area contributed by atoms with Crippen LogP contribution in [0.2, 0.25) is 0 Å². The van der Waals surface area contributed by atoms with Crippen molar-refractivity contribution in [3.63, 3.8) is 0 Å². The van der Waals surface area contributed by atoms with Crippen LogP contribution in [0.15, 0.2) is 45.3 Å². The molecule has 10 nitrogen and oxygen atoms in total. The van der Waals surface area contributed by atoms with Crippen molar-refractivity contribution < 1.29 is 14.0 Å². The van der Waals surface area contributed by atoms with Crippen molar-refractivity contribution in [1.82, 2.24) is 24.7 Å². The fraction of sp³-hybridized carbons (Fsp3) is 0.595. The van der Waals surface area contributed by atoms with Crippen LogP contribution in [0.4, 0.5) is 0 Å². The highest BCUT2D eigenvalue weighted by Gasteiger charge is 2.39. The number of nitriles is 1. The molecule has 3 atom stereocenters. The fourth-order valence-electron chi connectivity index (χ4n) is 7.33. The van der Waals surface area contributed by atoms with E-state index in [1.54, 1.807) is 28.0 Å². The number of carbonyl (C=O) groups excluding carboxylic acids is 2. The second kappa shape index (κ2) is 15.3. The first-order valence-corrected chi connectivity index (χ1v) is 19.3. The first kappa shape index (κ1) is 35.6. The standard InChI is InChI=1S/C37H49N7O3S2/c1-37(2,3)30-20-40-31(47-30)23-48-33-21-41-36(49-33)29-19-27(35(39)46)12-18-44(29)28-13-16-43(17-14-28)22-24-5-7-25(8-6-24)34(26-9-10-26)42(4)32(45)11-15-38/h5-8,20-21,26-29,34H,9-14,16-19,22-23H2,1-4H3,(H2,39,46). The SMILES string of the molecule is CN(C(=O)CC#N)C(c1ccc(CN2CCC(N3CCC(C(N)=O)CC3c3ncc(SCc4ncc(C(C)(C)C)o4)s3)CC2)cc1)C1CC1. The van der Waals surface area contributed by atoms with Crippen LogP contribution in [0, 0.1) is 23.2 Å². The van der Waals surface area contributed by atoms with Gasteiger partial charge >= 0.3 is 0 Å².